The van der Waals surface area contributed by atoms with E-state index in [2.05, 4.69) is 20.5 Å². The van der Waals surface area contributed by atoms with E-state index < -0.39 is 0 Å². The van der Waals surface area contributed by atoms with Crippen molar-refractivity contribution in [3.63, 3.8) is 0 Å². The lowest BCUT2D eigenvalue weighted by molar-refractivity contribution is 0.531. The second kappa shape index (κ2) is 4.52. The monoisotopic (exact) mass is 256 g/mol. The van der Waals surface area contributed by atoms with Crippen LogP contribution in [0.1, 0.15) is 11.5 Å². The van der Waals surface area contributed by atoms with Gasteiger partial charge < -0.3 is 10.2 Å². The van der Waals surface area contributed by atoms with Gasteiger partial charge in [-0.2, -0.15) is 0 Å². The molecule has 0 unspecified atom stereocenters. The van der Waals surface area contributed by atoms with Gasteiger partial charge in [-0.05, 0) is 5.56 Å². The number of benzene rings is 1. The number of nitrogens with two attached hydrogens (primary N) is 1. The molecular formula is C12H12N6O. The van der Waals surface area contributed by atoms with Crippen LogP contribution >= 0.6 is 0 Å². The molecule has 2 aromatic heterocycles. The first-order valence-electron chi connectivity index (χ1n) is 5.77. The molecule has 2 N–H and O–H groups in total. The maximum absolute atomic E-state index is 6.00. The molecule has 0 aliphatic heterocycles. The third-order valence-corrected chi connectivity index (χ3v) is 2.68. The Kier molecular flexibility index (Phi) is 2.71. The molecule has 0 spiro atoms. The van der Waals surface area contributed by atoms with Gasteiger partial charge in [0.2, 0.25) is 5.89 Å². The fourth-order valence-electron chi connectivity index (χ4n) is 1.74. The minimum absolute atomic E-state index is 0.286. The lowest BCUT2D eigenvalue weighted by Crippen LogP contribution is -2.06. The van der Waals surface area contributed by atoms with Crippen molar-refractivity contribution in [3.8, 4) is 11.6 Å². The summed E-state index contributed by atoms with van der Waals surface area (Å²) < 4.78 is 6.90. The topological polar surface area (TPSA) is 95.7 Å². The van der Waals surface area contributed by atoms with Crippen LogP contribution < -0.4 is 5.73 Å². The number of aryl methyl sites for hydroxylation is 1. The lowest BCUT2D eigenvalue weighted by Gasteiger charge is -2.02. The summed E-state index contributed by atoms with van der Waals surface area (Å²) in [7, 11) is 0. The number of hydrogen-bond donors (Lipinski definition) is 1. The average Bonchev–Trinajstić information content (AvgIpc) is 2.99. The van der Waals surface area contributed by atoms with E-state index in [1.54, 1.807) is 11.6 Å². The van der Waals surface area contributed by atoms with Crippen LogP contribution in [0.4, 0.5) is 5.82 Å². The second-order valence-corrected chi connectivity index (χ2v) is 4.09. The van der Waals surface area contributed by atoms with Crippen molar-refractivity contribution < 1.29 is 4.42 Å². The SMILES string of the molecule is Cc1nnc(-c2nnn(Cc3ccccc3)c2N)o1. The molecule has 7 nitrogen and oxygen atoms in total. The summed E-state index contributed by atoms with van der Waals surface area (Å²) in [5.74, 6) is 1.16. The molecule has 19 heavy (non-hydrogen) atoms. The molecule has 0 radical (unpaired) electrons. The van der Waals surface area contributed by atoms with Crippen molar-refractivity contribution in [2.45, 2.75) is 13.5 Å². The Labute approximate surface area is 109 Å². The van der Waals surface area contributed by atoms with Crippen molar-refractivity contribution in [2.24, 2.45) is 0 Å². The molecule has 3 aromatic rings. The number of nitrogen functional groups attached to an aromatic ring is 1. The molecule has 1 aromatic carbocycles. The fourth-order valence-corrected chi connectivity index (χ4v) is 1.74. The number of nitrogens with zero attached hydrogens (tertiary/aromatic N) is 5. The van der Waals surface area contributed by atoms with Crippen molar-refractivity contribution in [3.05, 3.63) is 41.8 Å². The molecule has 0 saturated carbocycles. The Balaban J connectivity index is 1.91. The zero-order chi connectivity index (χ0) is 13.2. The maximum Gasteiger partial charge on any atom is 0.272 e. The predicted octanol–water partition coefficient (Wildman–Crippen LogP) is 1.27. The van der Waals surface area contributed by atoms with E-state index in [1.807, 2.05) is 30.3 Å². The van der Waals surface area contributed by atoms with E-state index >= 15 is 0 Å². The van der Waals surface area contributed by atoms with E-state index in [0.29, 0.717) is 23.9 Å². The quantitative estimate of drug-likeness (QED) is 0.758. The summed E-state index contributed by atoms with van der Waals surface area (Å²) in [4.78, 5) is 0. The van der Waals surface area contributed by atoms with Gasteiger partial charge in [-0.15, -0.1) is 15.3 Å². The Hall–Kier alpha value is -2.70. The molecule has 2 heterocycles. The van der Waals surface area contributed by atoms with Crippen LogP contribution in [-0.4, -0.2) is 25.2 Å². The van der Waals surface area contributed by atoms with Gasteiger partial charge in [0.25, 0.3) is 5.89 Å². The molecule has 3 rings (SSSR count). The van der Waals surface area contributed by atoms with Crippen molar-refractivity contribution in [1.82, 2.24) is 25.2 Å². The van der Waals surface area contributed by atoms with E-state index in [1.165, 1.54) is 0 Å². The molecule has 0 aliphatic carbocycles. The zero-order valence-corrected chi connectivity index (χ0v) is 10.3. The predicted molar refractivity (Wildman–Crippen MR) is 68.0 cm³/mol. The van der Waals surface area contributed by atoms with Gasteiger partial charge in [0.05, 0.1) is 6.54 Å². The molecule has 7 heteroatoms. The Morgan fingerprint density at radius 1 is 1.16 bits per heavy atom. The number of anilines is 1. The van der Waals surface area contributed by atoms with E-state index in [4.69, 9.17) is 10.2 Å². The average molecular weight is 256 g/mol. The Bertz CT molecular complexity index is 687. The van der Waals surface area contributed by atoms with Crippen molar-refractivity contribution >= 4 is 5.82 Å². The molecule has 96 valence electrons. The smallest absolute Gasteiger partial charge is 0.272 e. The lowest BCUT2D eigenvalue weighted by atomic mass is 10.2. The molecule has 0 aliphatic rings. The summed E-state index contributed by atoms with van der Waals surface area (Å²) in [6.45, 7) is 2.26. The molecule has 0 bridgehead atoms. The van der Waals surface area contributed by atoms with Gasteiger partial charge in [0.1, 0.15) is 0 Å². The fraction of sp³-hybridized carbons (Fsp3) is 0.167. The van der Waals surface area contributed by atoms with Gasteiger partial charge in [0.15, 0.2) is 11.5 Å². The normalized spacial score (nSPS) is 10.8. The minimum atomic E-state index is 0.286. The van der Waals surface area contributed by atoms with Crippen LogP contribution in [0, 0.1) is 6.92 Å². The minimum Gasteiger partial charge on any atom is -0.419 e. The molecule has 0 atom stereocenters. The summed E-state index contributed by atoms with van der Waals surface area (Å²) in [5, 5.41) is 15.6. The summed E-state index contributed by atoms with van der Waals surface area (Å²) in [6, 6.07) is 9.88. The number of hydrogen-bond acceptors (Lipinski definition) is 6. The molecule has 0 fully saturated rings. The van der Waals surface area contributed by atoms with Gasteiger partial charge >= 0.3 is 0 Å². The van der Waals surface area contributed by atoms with Gasteiger partial charge in [0, 0.05) is 6.92 Å². The zero-order valence-electron chi connectivity index (χ0n) is 10.3. The van der Waals surface area contributed by atoms with Crippen LogP contribution in [0.25, 0.3) is 11.6 Å². The number of aromatic nitrogens is 5. The number of rotatable bonds is 3. The highest BCUT2D eigenvalue weighted by Gasteiger charge is 2.17. The third kappa shape index (κ3) is 2.17. The first kappa shape index (κ1) is 11.4. The largest absolute Gasteiger partial charge is 0.419 e. The van der Waals surface area contributed by atoms with Crippen LogP contribution in [0.2, 0.25) is 0 Å². The summed E-state index contributed by atoms with van der Waals surface area (Å²) in [6.07, 6.45) is 0. The van der Waals surface area contributed by atoms with Crippen LogP contribution in [0.15, 0.2) is 34.7 Å². The first-order valence-corrected chi connectivity index (χ1v) is 5.77. The second-order valence-electron chi connectivity index (χ2n) is 4.09. The van der Waals surface area contributed by atoms with Crippen molar-refractivity contribution in [2.75, 3.05) is 5.73 Å². The van der Waals surface area contributed by atoms with E-state index in [-0.39, 0.29) is 5.89 Å². The Morgan fingerprint density at radius 3 is 2.63 bits per heavy atom. The van der Waals surface area contributed by atoms with Crippen molar-refractivity contribution in [1.29, 1.82) is 0 Å². The molecular weight excluding hydrogens is 244 g/mol. The third-order valence-electron chi connectivity index (χ3n) is 2.68. The van der Waals surface area contributed by atoms with Gasteiger partial charge in [-0.25, -0.2) is 4.68 Å². The maximum atomic E-state index is 6.00. The highest BCUT2D eigenvalue weighted by atomic mass is 16.4. The first-order chi connectivity index (χ1) is 9.24. The Morgan fingerprint density at radius 2 is 1.95 bits per heavy atom. The van der Waals surface area contributed by atoms with E-state index in [9.17, 15) is 0 Å². The van der Waals surface area contributed by atoms with E-state index in [0.717, 1.165) is 5.56 Å². The van der Waals surface area contributed by atoms with Gasteiger partial charge in [-0.1, -0.05) is 35.5 Å². The van der Waals surface area contributed by atoms with Crippen LogP contribution in [0.5, 0.6) is 0 Å². The summed E-state index contributed by atoms with van der Waals surface area (Å²) >= 11 is 0. The molecule has 0 amide bonds. The van der Waals surface area contributed by atoms with Crippen LogP contribution in [-0.2, 0) is 6.54 Å². The standard InChI is InChI=1S/C12H12N6O/c1-8-14-16-12(19-8)10-11(13)18(17-15-10)7-9-5-3-2-4-6-9/h2-6H,7,13H2,1H3. The molecule has 0 saturated heterocycles. The summed E-state index contributed by atoms with van der Waals surface area (Å²) in [5.41, 5.74) is 7.51. The van der Waals surface area contributed by atoms with Crippen LogP contribution in [0.3, 0.4) is 0 Å². The highest BCUT2D eigenvalue weighted by molar-refractivity contribution is 5.61. The van der Waals surface area contributed by atoms with Gasteiger partial charge in [-0.3, -0.25) is 0 Å². The highest BCUT2D eigenvalue weighted by Crippen LogP contribution is 2.21.